The van der Waals surface area contributed by atoms with E-state index in [0.29, 0.717) is 0 Å². The van der Waals surface area contributed by atoms with Crippen LogP contribution < -0.4 is 5.32 Å². The summed E-state index contributed by atoms with van der Waals surface area (Å²) in [6.07, 6.45) is -0.313. The molecule has 1 aliphatic rings. The number of aliphatic carboxylic acids is 1. The minimum Gasteiger partial charge on any atom is -0.479 e. The summed E-state index contributed by atoms with van der Waals surface area (Å²) in [5, 5.41) is 21.7. The second-order valence-electron chi connectivity index (χ2n) is 5.08. The Balaban J connectivity index is 0.000000254. The molecule has 5 heteroatoms. The van der Waals surface area contributed by atoms with Gasteiger partial charge in [-0.05, 0) is 23.3 Å². The van der Waals surface area contributed by atoms with Gasteiger partial charge in [-0.15, -0.1) is 0 Å². The molecule has 3 N–H and O–H groups in total. The summed E-state index contributed by atoms with van der Waals surface area (Å²) in [4.78, 5) is 13.9. The van der Waals surface area contributed by atoms with Crippen LogP contribution >= 0.6 is 0 Å². The number of benzene rings is 2. The maximum atomic E-state index is 9.45. The molecule has 0 fully saturated rings. The van der Waals surface area contributed by atoms with E-state index in [4.69, 9.17) is 10.2 Å². The Morgan fingerprint density at radius 3 is 2.59 bits per heavy atom. The molecule has 5 nitrogen and oxygen atoms in total. The number of nitrogens with one attached hydrogen (secondary N) is 1. The van der Waals surface area contributed by atoms with E-state index >= 15 is 0 Å². The minimum absolute atomic E-state index is 0.917. The zero-order chi connectivity index (χ0) is 15.9. The molecule has 0 saturated heterocycles. The monoisotopic (exact) mass is 300 g/mol. The number of rotatable bonds is 3. The van der Waals surface area contributed by atoms with Crippen molar-refractivity contribution in [3.05, 3.63) is 48.0 Å². The first-order chi connectivity index (χ1) is 10.6. The van der Waals surface area contributed by atoms with Crippen LogP contribution in [0.25, 0.3) is 10.8 Å². The van der Waals surface area contributed by atoms with Gasteiger partial charge in [0.1, 0.15) is 11.9 Å². The third kappa shape index (κ3) is 4.30. The topological polar surface area (TPSA) is 81.9 Å². The molecule has 1 heterocycles. The van der Waals surface area contributed by atoms with Gasteiger partial charge in [-0.1, -0.05) is 42.5 Å². The number of carboxylic acid groups (broad SMARTS) is 1. The molecule has 0 aromatic heterocycles. The Hall–Kier alpha value is -2.40. The van der Waals surface area contributed by atoms with Gasteiger partial charge in [-0.2, -0.15) is 0 Å². The molecule has 3 rings (SSSR count). The molecule has 0 aliphatic carbocycles. The van der Waals surface area contributed by atoms with Gasteiger partial charge in [0.25, 0.3) is 0 Å². The van der Waals surface area contributed by atoms with Gasteiger partial charge in [0, 0.05) is 13.0 Å². The van der Waals surface area contributed by atoms with E-state index < -0.39 is 12.1 Å². The predicted molar refractivity (Wildman–Crippen MR) is 87.3 cm³/mol. The number of nitrogens with zero attached hydrogens (tertiary/aromatic N) is 1. The van der Waals surface area contributed by atoms with E-state index in [-0.39, 0.29) is 0 Å². The molecule has 1 unspecified atom stereocenters. The Morgan fingerprint density at radius 2 is 1.95 bits per heavy atom. The number of aliphatic hydroxyl groups is 1. The number of aliphatic hydroxyl groups excluding tert-OH is 1. The van der Waals surface area contributed by atoms with Crippen molar-refractivity contribution in [2.45, 2.75) is 19.4 Å². The first kappa shape index (κ1) is 16.0. The highest BCUT2D eigenvalue weighted by atomic mass is 16.4. The summed E-state index contributed by atoms with van der Waals surface area (Å²) in [6.45, 7) is 3.10. The highest BCUT2D eigenvalue weighted by Gasteiger charge is 2.07. The maximum absolute atomic E-state index is 9.45. The zero-order valence-electron chi connectivity index (χ0n) is 12.5. The van der Waals surface area contributed by atoms with Crippen LogP contribution in [0.5, 0.6) is 0 Å². The maximum Gasteiger partial charge on any atom is 0.332 e. The van der Waals surface area contributed by atoms with Crippen molar-refractivity contribution in [1.82, 2.24) is 5.32 Å². The van der Waals surface area contributed by atoms with Gasteiger partial charge >= 0.3 is 5.97 Å². The number of hydrogen-bond donors (Lipinski definition) is 3. The fourth-order valence-electron chi connectivity index (χ4n) is 2.19. The third-order valence-electron chi connectivity index (χ3n) is 3.34. The SMILES string of the molecule is CC(O)C(=O)O.c1ccc2c(CC3=NCCN3)cccc2c1. The van der Waals surface area contributed by atoms with Crippen molar-refractivity contribution in [2.75, 3.05) is 13.1 Å². The number of hydrogen-bond acceptors (Lipinski definition) is 4. The van der Waals surface area contributed by atoms with E-state index in [1.807, 2.05) is 0 Å². The predicted octanol–water partition coefficient (Wildman–Crippen LogP) is 1.84. The smallest absolute Gasteiger partial charge is 0.332 e. The van der Waals surface area contributed by atoms with Gasteiger partial charge in [0.2, 0.25) is 0 Å². The van der Waals surface area contributed by atoms with Crippen LogP contribution in [0.1, 0.15) is 12.5 Å². The van der Waals surface area contributed by atoms with Gasteiger partial charge in [0.05, 0.1) is 6.54 Å². The molecule has 0 spiro atoms. The van der Waals surface area contributed by atoms with E-state index in [1.54, 1.807) is 0 Å². The molecule has 0 saturated carbocycles. The van der Waals surface area contributed by atoms with Gasteiger partial charge < -0.3 is 15.5 Å². The van der Waals surface area contributed by atoms with Gasteiger partial charge in [-0.3, -0.25) is 4.99 Å². The summed E-state index contributed by atoms with van der Waals surface area (Å²) < 4.78 is 0. The van der Waals surface area contributed by atoms with Crippen molar-refractivity contribution in [2.24, 2.45) is 4.99 Å². The molecule has 0 amide bonds. The van der Waals surface area contributed by atoms with Crippen LogP contribution in [-0.2, 0) is 11.2 Å². The Kier molecular flexibility index (Phi) is 5.49. The lowest BCUT2D eigenvalue weighted by Gasteiger charge is -2.06. The molecular weight excluding hydrogens is 280 g/mol. The number of aliphatic imine (C=N–C) groups is 1. The molecule has 1 aliphatic heterocycles. The normalized spacial score (nSPS) is 14.5. The molecule has 0 bridgehead atoms. The summed E-state index contributed by atoms with van der Waals surface area (Å²) in [7, 11) is 0. The molecule has 116 valence electrons. The van der Waals surface area contributed by atoms with Crippen LogP contribution in [0.2, 0.25) is 0 Å². The standard InChI is InChI=1S/C14H14N2.C3H6O3/c1-2-7-13-11(4-1)5-3-6-12(13)10-14-15-8-9-16-14;1-2(4)3(5)6/h1-7H,8-10H2,(H,15,16);2,4H,1H3,(H,5,6). The first-order valence-corrected chi connectivity index (χ1v) is 7.22. The third-order valence-corrected chi connectivity index (χ3v) is 3.34. The Morgan fingerprint density at radius 1 is 1.27 bits per heavy atom. The highest BCUT2D eigenvalue weighted by Crippen LogP contribution is 2.19. The van der Waals surface area contributed by atoms with Crippen LogP contribution in [0.15, 0.2) is 47.5 Å². The molecule has 2 aromatic carbocycles. The first-order valence-electron chi connectivity index (χ1n) is 7.22. The molecular formula is C17H20N2O3. The van der Waals surface area contributed by atoms with E-state index in [1.165, 1.54) is 23.3 Å². The van der Waals surface area contributed by atoms with Crippen molar-refractivity contribution < 1.29 is 15.0 Å². The second-order valence-corrected chi connectivity index (χ2v) is 5.08. The molecule has 22 heavy (non-hydrogen) atoms. The van der Waals surface area contributed by atoms with Crippen LogP contribution in [0.3, 0.4) is 0 Å². The van der Waals surface area contributed by atoms with Crippen molar-refractivity contribution in [3.8, 4) is 0 Å². The quantitative estimate of drug-likeness (QED) is 0.808. The second kappa shape index (κ2) is 7.56. The lowest BCUT2D eigenvalue weighted by atomic mass is 10.0. The van der Waals surface area contributed by atoms with E-state index in [2.05, 4.69) is 52.8 Å². The van der Waals surface area contributed by atoms with Crippen LogP contribution in [0, 0.1) is 0 Å². The lowest BCUT2D eigenvalue weighted by Crippen LogP contribution is -2.20. The van der Waals surface area contributed by atoms with E-state index in [0.717, 1.165) is 25.3 Å². The lowest BCUT2D eigenvalue weighted by molar-refractivity contribution is -0.145. The zero-order valence-corrected chi connectivity index (χ0v) is 12.5. The van der Waals surface area contributed by atoms with Crippen molar-refractivity contribution in [1.29, 1.82) is 0 Å². The number of amidine groups is 1. The van der Waals surface area contributed by atoms with Gasteiger partial charge in [0.15, 0.2) is 0 Å². The van der Waals surface area contributed by atoms with Crippen molar-refractivity contribution >= 4 is 22.6 Å². The number of carboxylic acids is 1. The van der Waals surface area contributed by atoms with Crippen LogP contribution in [-0.4, -0.2) is 41.2 Å². The highest BCUT2D eigenvalue weighted by molar-refractivity contribution is 5.92. The molecule has 2 aromatic rings. The largest absolute Gasteiger partial charge is 0.479 e. The number of carbonyl (C=O) groups is 1. The Labute approximate surface area is 129 Å². The van der Waals surface area contributed by atoms with Crippen molar-refractivity contribution in [3.63, 3.8) is 0 Å². The summed E-state index contributed by atoms with van der Waals surface area (Å²) in [5.41, 5.74) is 1.35. The molecule has 0 radical (unpaired) electrons. The molecule has 1 atom stereocenters. The van der Waals surface area contributed by atoms with Gasteiger partial charge in [-0.25, -0.2) is 4.79 Å². The average molecular weight is 300 g/mol. The fraction of sp³-hybridized carbons (Fsp3) is 0.294. The summed E-state index contributed by atoms with van der Waals surface area (Å²) in [6, 6.07) is 15.0. The number of fused-ring (bicyclic) bond motifs is 1. The Bertz CT molecular complexity index is 675. The summed E-state index contributed by atoms with van der Waals surface area (Å²) in [5.74, 6) is -0.0636. The minimum atomic E-state index is -1.23. The average Bonchev–Trinajstić information content (AvgIpc) is 3.01. The van der Waals surface area contributed by atoms with Crippen LogP contribution in [0.4, 0.5) is 0 Å². The fourth-order valence-corrected chi connectivity index (χ4v) is 2.19. The van der Waals surface area contributed by atoms with E-state index in [9.17, 15) is 4.79 Å². The summed E-state index contributed by atoms with van der Waals surface area (Å²) >= 11 is 0.